The Kier molecular flexibility index (Phi) is 16.1. The van der Waals surface area contributed by atoms with Gasteiger partial charge in [-0.05, 0) is 34.8 Å². The number of carbonyl (C=O) groups excluding carboxylic acids is 1. The highest BCUT2D eigenvalue weighted by molar-refractivity contribution is 5.59. The number of carbonyl (C=O) groups is 1. The van der Waals surface area contributed by atoms with Crippen molar-refractivity contribution in [2.45, 2.75) is 83.5 Å². The van der Waals surface area contributed by atoms with Gasteiger partial charge in [0.1, 0.15) is 30.7 Å². The molecule has 0 amide bonds. The number of benzene rings is 4. The number of hydrogen-bond donors (Lipinski definition) is 0. The Morgan fingerprint density at radius 2 is 1.12 bits per heavy atom. The van der Waals surface area contributed by atoms with Crippen molar-refractivity contribution in [3.05, 3.63) is 155 Å². The van der Waals surface area contributed by atoms with Crippen LogP contribution in [0.1, 0.15) is 54.9 Å². The first-order chi connectivity index (χ1) is 25.2. The zero-order chi connectivity index (χ0) is 35.4. The molecule has 1 saturated heterocycles. The lowest BCUT2D eigenvalue weighted by atomic mass is 9.96. The van der Waals surface area contributed by atoms with Gasteiger partial charge in [0.05, 0.1) is 39.6 Å². The van der Waals surface area contributed by atoms with Gasteiger partial charge in [0.15, 0.2) is 6.10 Å². The third-order valence-corrected chi connectivity index (χ3v) is 8.50. The summed E-state index contributed by atoms with van der Waals surface area (Å²) in [4.78, 5) is 12.4. The lowest BCUT2D eigenvalue weighted by Gasteiger charge is -2.43. The third-order valence-electron chi connectivity index (χ3n) is 8.50. The van der Waals surface area contributed by atoms with E-state index in [0.29, 0.717) is 38.8 Å². The Bertz CT molecular complexity index is 1550. The van der Waals surface area contributed by atoms with E-state index in [1.807, 2.05) is 121 Å². The molecule has 1 heterocycles. The number of ether oxygens (including phenoxy) is 7. The monoisotopic (exact) mass is 694 g/mol. The quantitative estimate of drug-likeness (QED) is 0.0670. The van der Waals surface area contributed by atoms with Crippen molar-refractivity contribution < 1.29 is 38.0 Å². The van der Waals surface area contributed by atoms with Crippen LogP contribution in [0.5, 0.6) is 0 Å². The zero-order valence-electron chi connectivity index (χ0n) is 29.5. The highest BCUT2D eigenvalue weighted by Crippen LogP contribution is 2.33. The fraction of sp³-hybridized carbons (Fsp3) is 0.372. The van der Waals surface area contributed by atoms with Crippen LogP contribution in [-0.4, -0.2) is 50.4 Å². The zero-order valence-corrected chi connectivity index (χ0v) is 29.5. The molecule has 1 aliphatic heterocycles. The molecule has 8 nitrogen and oxygen atoms in total. The lowest BCUT2D eigenvalue weighted by molar-refractivity contribution is -0.223. The molecule has 51 heavy (non-hydrogen) atoms. The highest BCUT2D eigenvalue weighted by Gasteiger charge is 2.46. The van der Waals surface area contributed by atoms with Crippen molar-refractivity contribution in [2.24, 2.45) is 0 Å². The summed E-state index contributed by atoms with van der Waals surface area (Å²) in [6, 6.07) is 40.0. The number of unbranched alkanes of at least 4 members (excludes halogenated alkanes) is 3. The van der Waals surface area contributed by atoms with Crippen LogP contribution in [0.15, 0.2) is 133 Å². The van der Waals surface area contributed by atoms with Gasteiger partial charge in [-0.15, -0.1) is 0 Å². The summed E-state index contributed by atoms with van der Waals surface area (Å²) in [5.41, 5.74) is 4.08. The second-order valence-corrected chi connectivity index (χ2v) is 12.5. The van der Waals surface area contributed by atoms with Gasteiger partial charge < -0.3 is 33.2 Å². The molecule has 0 aromatic heterocycles. The highest BCUT2D eigenvalue weighted by atomic mass is 16.7. The molecule has 0 bridgehead atoms. The van der Waals surface area contributed by atoms with E-state index < -0.39 is 30.6 Å². The first kappa shape index (κ1) is 37.8. The summed E-state index contributed by atoms with van der Waals surface area (Å²) < 4.78 is 43.8. The average Bonchev–Trinajstić information content (AvgIpc) is 3.17. The van der Waals surface area contributed by atoms with Gasteiger partial charge in [-0.25, -0.2) is 4.79 Å². The van der Waals surface area contributed by atoms with E-state index in [-0.39, 0.29) is 13.2 Å². The summed E-state index contributed by atoms with van der Waals surface area (Å²) >= 11 is 0. The molecule has 1 aliphatic rings. The number of hydrogen-bond acceptors (Lipinski definition) is 8. The van der Waals surface area contributed by atoms with Crippen LogP contribution in [0.4, 0.5) is 4.79 Å². The molecule has 0 N–H and O–H groups in total. The Hall–Kier alpha value is -4.47. The van der Waals surface area contributed by atoms with Crippen LogP contribution in [0.25, 0.3) is 0 Å². The molecule has 0 spiro atoms. The summed E-state index contributed by atoms with van der Waals surface area (Å²) in [6.45, 7) is 4.00. The van der Waals surface area contributed by atoms with Crippen LogP contribution in [-0.2, 0) is 59.6 Å². The summed E-state index contributed by atoms with van der Waals surface area (Å²) in [6.07, 6.45) is 2.61. The minimum atomic E-state index is -0.718. The molecule has 4 aromatic rings. The lowest BCUT2D eigenvalue weighted by Crippen LogP contribution is -2.56. The van der Waals surface area contributed by atoms with E-state index in [2.05, 4.69) is 6.92 Å². The van der Waals surface area contributed by atoms with E-state index in [1.165, 1.54) is 0 Å². The Balaban J connectivity index is 1.40. The van der Waals surface area contributed by atoms with Crippen LogP contribution < -0.4 is 0 Å². The van der Waals surface area contributed by atoms with Gasteiger partial charge in [-0.2, -0.15) is 0 Å². The van der Waals surface area contributed by atoms with Gasteiger partial charge in [0, 0.05) is 0 Å². The third kappa shape index (κ3) is 13.0. The second-order valence-electron chi connectivity index (χ2n) is 12.5. The summed E-state index contributed by atoms with van der Waals surface area (Å²) in [5, 5.41) is 0. The van der Waals surface area contributed by atoms with E-state index in [1.54, 1.807) is 6.08 Å². The van der Waals surface area contributed by atoms with Gasteiger partial charge in [0.2, 0.25) is 0 Å². The van der Waals surface area contributed by atoms with E-state index in [4.69, 9.17) is 33.2 Å². The second kappa shape index (κ2) is 21.7. The predicted octanol–water partition coefficient (Wildman–Crippen LogP) is 8.98. The SMILES string of the molecule is CCCCCCOC(=O)OC/C=C1\O[C@H](COCc2ccccc2)[C@@H](OCc2ccccc2)[C@H](OCc2ccccc2)[C@H]1OCc1ccccc1. The fourth-order valence-corrected chi connectivity index (χ4v) is 5.79. The van der Waals surface area contributed by atoms with Crippen molar-refractivity contribution in [3.63, 3.8) is 0 Å². The Morgan fingerprint density at radius 3 is 1.67 bits per heavy atom. The van der Waals surface area contributed by atoms with Gasteiger partial charge in [0.25, 0.3) is 0 Å². The molecule has 0 radical (unpaired) electrons. The van der Waals surface area contributed by atoms with E-state index in [9.17, 15) is 4.79 Å². The van der Waals surface area contributed by atoms with E-state index in [0.717, 1.165) is 47.9 Å². The Labute approximate surface area is 302 Å². The fourth-order valence-electron chi connectivity index (χ4n) is 5.79. The molecule has 4 atom stereocenters. The van der Waals surface area contributed by atoms with Crippen molar-refractivity contribution in [1.82, 2.24) is 0 Å². The van der Waals surface area contributed by atoms with Crippen LogP contribution >= 0.6 is 0 Å². The van der Waals surface area contributed by atoms with Crippen LogP contribution in [0.2, 0.25) is 0 Å². The van der Waals surface area contributed by atoms with Crippen molar-refractivity contribution >= 4 is 6.16 Å². The molecule has 0 aliphatic carbocycles. The molecule has 0 saturated carbocycles. The maximum Gasteiger partial charge on any atom is 0.508 e. The Morgan fingerprint density at radius 1 is 0.608 bits per heavy atom. The molecule has 270 valence electrons. The standard InChI is InChI=1S/C43H50O8/c1-2-3-4-17-27-46-43(44)47-28-26-38-40(48-30-35-20-11-6-12-21-35)42(50-32-37-24-15-8-16-25-37)41(49-31-36-22-13-7-14-23-36)39(51-38)33-45-29-34-18-9-5-10-19-34/h5-16,18-26,39-42H,2-4,17,27-33H2,1H3/b38-26-/t39-,40+,41-,42-/m1/s1. The molecule has 4 aromatic carbocycles. The first-order valence-electron chi connectivity index (χ1n) is 17.9. The van der Waals surface area contributed by atoms with Gasteiger partial charge >= 0.3 is 6.16 Å². The maximum atomic E-state index is 12.4. The molecular weight excluding hydrogens is 644 g/mol. The molecule has 5 rings (SSSR count). The largest absolute Gasteiger partial charge is 0.508 e. The van der Waals surface area contributed by atoms with Gasteiger partial charge in [-0.3, -0.25) is 0 Å². The summed E-state index contributed by atoms with van der Waals surface area (Å²) in [7, 11) is 0. The van der Waals surface area contributed by atoms with Crippen molar-refractivity contribution in [2.75, 3.05) is 19.8 Å². The minimum absolute atomic E-state index is 0.0626. The van der Waals surface area contributed by atoms with Gasteiger partial charge in [-0.1, -0.05) is 148 Å². The normalized spacial score (nSPS) is 19.4. The first-order valence-corrected chi connectivity index (χ1v) is 17.9. The van der Waals surface area contributed by atoms with Crippen LogP contribution in [0.3, 0.4) is 0 Å². The molecule has 0 unspecified atom stereocenters. The van der Waals surface area contributed by atoms with E-state index >= 15 is 0 Å². The minimum Gasteiger partial charge on any atom is -0.487 e. The number of rotatable bonds is 20. The summed E-state index contributed by atoms with van der Waals surface area (Å²) in [5.74, 6) is 0.479. The maximum absolute atomic E-state index is 12.4. The smallest absolute Gasteiger partial charge is 0.487 e. The molecule has 1 fully saturated rings. The molecule has 8 heteroatoms. The predicted molar refractivity (Wildman–Crippen MR) is 196 cm³/mol. The topological polar surface area (TPSA) is 81.7 Å². The van der Waals surface area contributed by atoms with Crippen LogP contribution in [0, 0.1) is 0 Å². The van der Waals surface area contributed by atoms with Crippen molar-refractivity contribution in [1.29, 1.82) is 0 Å². The average molecular weight is 695 g/mol. The van der Waals surface area contributed by atoms with Crippen molar-refractivity contribution in [3.8, 4) is 0 Å². The molecular formula is C43H50O8.